The van der Waals surface area contributed by atoms with Crippen LogP contribution >= 0.6 is 0 Å². The molecule has 248 valence electrons. The zero-order valence-corrected chi connectivity index (χ0v) is 29.2. The molecule has 4 unspecified atom stereocenters. The Hall–Kier alpha value is -2.69. The molecule has 44 heavy (non-hydrogen) atoms. The zero-order valence-electron chi connectivity index (χ0n) is 29.2. The second-order valence-corrected chi connectivity index (χ2v) is 12.1. The van der Waals surface area contributed by atoms with Gasteiger partial charge in [0.25, 0.3) is 0 Å². The molecule has 0 amide bonds. The maximum atomic E-state index is 14.0. The van der Waals surface area contributed by atoms with Crippen molar-refractivity contribution in [2.45, 2.75) is 170 Å². The molecule has 0 saturated carbocycles. The first-order chi connectivity index (χ1) is 21.4. The number of carbonyl (C=O) groups is 1. The van der Waals surface area contributed by atoms with Gasteiger partial charge in [0.2, 0.25) is 0 Å². The van der Waals surface area contributed by atoms with Gasteiger partial charge in [0.1, 0.15) is 11.5 Å². The van der Waals surface area contributed by atoms with E-state index in [-0.39, 0.29) is 30.2 Å². The van der Waals surface area contributed by atoms with Crippen molar-refractivity contribution in [3.05, 3.63) is 47.5 Å². The summed E-state index contributed by atoms with van der Waals surface area (Å²) in [5.41, 5.74) is 1.61. The third kappa shape index (κ3) is 12.0. The first kappa shape index (κ1) is 37.5. The average molecular weight is 611 g/mol. The number of ether oxygens (including phenoxy) is 4. The fraction of sp³-hybridized carbons (Fsp3) is 0.667. The molecular weight excluding hydrogens is 548 g/mol. The Bertz CT molecular complexity index is 1080. The number of Topliss-reactive ketones (excluding diaryl/α,β-unsaturated/α-hetero) is 1. The second-order valence-electron chi connectivity index (χ2n) is 12.1. The Balaban J connectivity index is 2.42. The van der Waals surface area contributed by atoms with E-state index in [2.05, 4.69) is 61.5 Å². The highest BCUT2D eigenvalue weighted by molar-refractivity contribution is 5.99. The SMILES string of the molecule is CCCC(CC)Oc1ccc(OC(CC)CCC)c(CCC(=O)c2cccc(OC(CC)CCC)c2OC(CC)CCC)c1. The Morgan fingerprint density at radius 1 is 0.591 bits per heavy atom. The van der Waals surface area contributed by atoms with E-state index in [9.17, 15) is 4.79 Å². The van der Waals surface area contributed by atoms with Crippen molar-refractivity contribution >= 4 is 5.78 Å². The Labute approximate surface area is 269 Å². The van der Waals surface area contributed by atoms with Gasteiger partial charge in [-0.05, 0) is 93.7 Å². The second kappa shape index (κ2) is 21.1. The quantitative estimate of drug-likeness (QED) is 0.111. The fourth-order valence-electron chi connectivity index (χ4n) is 5.66. The summed E-state index contributed by atoms with van der Waals surface area (Å²) in [6.07, 6.45) is 13.2. The maximum absolute atomic E-state index is 14.0. The highest BCUT2D eigenvalue weighted by Crippen LogP contribution is 2.36. The van der Waals surface area contributed by atoms with E-state index >= 15 is 0 Å². The van der Waals surface area contributed by atoms with Crippen LogP contribution in [-0.4, -0.2) is 30.2 Å². The van der Waals surface area contributed by atoms with Crippen molar-refractivity contribution < 1.29 is 23.7 Å². The lowest BCUT2D eigenvalue weighted by Crippen LogP contribution is -2.20. The molecular formula is C39H62O5. The summed E-state index contributed by atoms with van der Waals surface area (Å²) in [5, 5.41) is 0. The first-order valence-corrected chi connectivity index (χ1v) is 17.8. The largest absolute Gasteiger partial charge is 0.490 e. The summed E-state index contributed by atoms with van der Waals surface area (Å²) in [4.78, 5) is 14.0. The molecule has 2 rings (SSSR count). The van der Waals surface area contributed by atoms with Crippen LogP contribution in [0.4, 0.5) is 0 Å². The number of para-hydroxylation sites is 1. The van der Waals surface area contributed by atoms with Crippen LogP contribution in [0.1, 0.15) is 155 Å². The summed E-state index contributed by atoms with van der Waals surface area (Å²) in [7, 11) is 0. The molecule has 0 aliphatic heterocycles. The predicted octanol–water partition coefficient (Wildman–Crippen LogP) is 11.3. The van der Waals surface area contributed by atoms with E-state index in [1.807, 2.05) is 30.3 Å². The third-order valence-electron chi connectivity index (χ3n) is 8.37. The van der Waals surface area contributed by atoms with Gasteiger partial charge >= 0.3 is 0 Å². The van der Waals surface area contributed by atoms with Gasteiger partial charge in [0, 0.05) is 6.42 Å². The predicted molar refractivity (Wildman–Crippen MR) is 184 cm³/mol. The smallest absolute Gasteiger partial charge is 0.172 e. The number of carbonyl (C=O) groups excluding carboxylic acids is 1. The zero-order chi connectivity index (χ0) is 32.3. The fourth-order valence-corrected chi connectivity index (χ4v) is 5.66. The summed E-state index contributed by atoms with van der Waals surface area (Å²) >= 11 is 0. The lowest BCUT2D eigenvalue weighted by Gasteiger charge is -2.24. The highest BCUT2D eigenvalue weighted by atomic mass is 16.5. The van der Waals surface area contributed by atoms with Gasteiger partial charge in [-0.25, -0.2) is 0 Å². The van der Waals surface area contributed by atoms with Crippen molar-refractivity contribution in [3.63, 3.8) is 0 Å². The number of aryl methyl sites for hydroxylation is 1. The number of benzene rings is 2. The highest BCUT2D eigenvalue weighted by Gasteiger charge is 2.23. The molecule has 0 spiro atoms. The molecule has 2 aromatic rings. The molecule has 0 N–H and O–H groups in total. The molecule has 5 nitrogen and oxygen atoms in total. The number of ketones is 1. The van der Waals surface area contributed by atoms with Gasteiger partial charge in [-0.15, -0.1) is 0 Å². The van der Waals surface area contributed by atoms with Gasteiger partial charge in [0.15, 0.2) is 17.3 Å². The van der Waals surface area contributed by atoms with E-state index < -0.39 is 0 Å². The summed E-state index contributed by atoms with van der Waals surface area (Å²) in [6, 6.07) is 11.9. The molecule has 0 radical (unpaired) electrons. The molecule has 0 bridgehead atoms. The van der Waals surface area contributed by atoms with Crippen molar-refractivity contribution in [1.82, 2.24) is 0 Å². The van der Waals surface area contributed by atoms with Crippen molar-refractivity contribution in [2.24, 2.45) is 0 Å². The van der Waals surface area contributed by atoms with Gasteiger partial charge in [-0.3, -0.25) is 4.79 Å². The van der Waals surface area contributed by atoms with E-state index in [1.54, 1.807) is 0 Å². The minimum atomic E-state index is 0.0376. The van der Waals surface area contributed by atoms with Crippen LogP contribution in [0.3, 0.4) is 0 Å². The molecule has 4 atom stereocenters. The number of hydrogen-bond acceptors (Lipinski definition) is 5. The van der Waals surface area contributed by atoms with Crippen molar-refractivity contribution in [2.75, 3.05) is 0 Å². The van der Waals surface area contributed by atoms with Crippen LogP contribution in [0, 0.1) is 0 Å². The molecule has 0 aromatic heterocycles. The van der Waals surface area contributed by atoms with E-state index in [0.29, 0.717) is 29.9 Å². The normalized spacial score (nSPS) is 14.0. The van der Waals surface area contributed by atoms with E-state index in [0.717, 1.165) is 94.1 Å². The Morgan fingerprint density at radius 2 is 1.09 bits per heavy atom. The third-order valence-corrected chi connectivity index (χ3v) is 8.37. The van der Waals surface area contributed by atoms with Crippen LogP contribution in [0.5, 0.6) is 23.0 Å². The maximum Gasteiger partial charge on any atom is 0.172 e. The molecule has 2 aromatic carbocycles. The number of rotatable bonds is 24. The molecule has 0 heterocycles. The standard InChI is InChI=1S/C39H62O5/c1-9-18-30(13-5)41-34-25-27-37(42-31(14-6)19-10-2)29(28-34)24-26-36(40)35-22-17-23-38(43-32(15-7)20-11-3)39(35)44-33(16-8)21-12-4/h17,22-23,25,27-28,30-33H,9-16,18-21,24,26H2,1-8H3. The van der Waals surface area contributed by atoms with Gasteiger partial charge in [0.05, 0.1) is 30.0 Å². The van der Waals surface area contributed by atoms with Crippen LogP contribution in [0.15, 0.2) is 36.4 Å². The topological polar surface area (TPSA) is 54.0 Å². The first-order valence-electron chi connectivity index (χ1n) is 17.8. The van der Waals surface area contributed by atoms with Gasteiger partial charge < -0.3 is 18.9 Å². The van der Waals surface area contributed by atoms with E-state index in [4.69, 9.17) is 18.9 Å². The van der Waals surface area contributed by atoms with E-state index in [1.165, 1.54) is 0 Å². The molecule has 0 fully saturated rings. The van der Waals surface area contributed by atoms with Crippen LogP contribution in [-0.2, 0) is 6.42 Å². The molecule has 0 aliphatic carbocycles. The summed E-state index contributed by atoms with van der Waals surface area (Å²) < 4.78 is 26.0. The Kier molecular flexibility index (Phi) is 18.0. The summed E-state index contributed by atoms with van der Waals surface area (Å²) in [5.74, 6) is 3.02. The lowest BCUT2D eigenvalue weighted by atomic mass is 10.00. The van der Waals surface area contributed by atoms with Crippen LogP contribution in [0.2, 0.25) is 0 Å². The van der Waals surface area contributed by atoms with Gasteiger partial charge in [-0.2, -0.15) is 0 Å². The van der Waals surface area contributed by atoms with Gasteiger partial charge in [-0.1, -0.05) is 87.1 Å². The van der Waals surface area contributed by atoms with Crippen LogP contribution in [0.25, 0.3) is 0 Å². The molecule has 5 heteroatoms. The van der Waals surface area contributed by atoms with Crippen molar-refractivity contribution in [3.8, 4) is 23.0 Å². The van der Waals surface area contributed by atoms with Crippen LogP contribution < -0.4 is 18.9 Å². The monoisotopic (exact) mass is 610 g/mol. The molecule has 0 aliphatic rings. The Morgan fingerprint density at radius 3 is 1.61 bits per heavy atom. The number of hydrogen-bond donors (Lipinski definition) is 0. The average Bonchev–Trinajstić information content (AvgIpc) is 3.03. The lowest BCUT2D eigenvalue weighted by molar-refractivity contribution is 0.0968. The summed E-state index contributed by atoms with van der Waals surface area (Å²) in [6.45, 7) is 17.3. The van der Waals surface area contributed by atoms with Crippen molar-refractivity contribution in [1.29, 1.82) is 0 Å². The minimum absolute atomic E-state index is 0.0376. The minimum Gasteiger partial charge on any atom is -0.490 e. The molecule has 0 saturated heterocycles.